The van der Waals surface area contributed by atoms with Crippen LogP contribution in [0.4, 0.5) is 5.69 Å². The number of amides is 2. The smallest absolute Gasteiger partial charge is 0.264 e. The van der Waals surface area contributed by atoms with E-state index >= 15 is 0 Å². The van der Waals surface area contributed by atoms with E-state index in [-0.39, 0.29) is 17.3 Å². The number of aryl methyl sites for hydroxylation is 2. The molecule has 0 aliphatic heterocycles. The Hall–Kier alpha value is -3.36. The summed E-state index contributed by atoms with van der Waals surface area (Å²) in [5.41, 5.74) is 3.08. The van der Waals surface area contributed by atoms with E-state index < -0.39 is 28.5 Å². The van der Waals surface area contributed by atoms with Gasteiger partial charge in [0.1, 0.15) is 12.6 Å². The molecule has 9 heteroatoms. The first-order chi connectivity index (χ1) is 18.6. The number of carbonyl (C=O) groups is 2. The van der Waals surface area contributed by atoms with Crippen molar-refractivity contribution in [1.29, 1.82) is 0 Å². The lowest BCUT2D eigenvalue weighted by Crippen LogP contribution is -2.52. The highest BCUT2D eigenvalue weighted by Crippen LogP contribution is 2.26. The van der Waals surface area contributed by atoms with Crippen molar-refractivity contribution in [3.8, 4) is 0 Å². The van der Waals surface area contributed by atoms with Crippen LogP contribution in [0.25, 0.3) is 0 Å². The van der Waals surface area contributed by atoms with Crippen LogP contribution in [0.2, 0.25) is 5.02 Å². The van der Waals surface area contributed by atoms with Gasteiger partial charge in [0.2, 0.25) is 11.8 Å². The molecule has 0 spiro atoms. The molecule has 0 unspecified atom stereocenters. The van der Waals surface area contributed by atoms with Crippen LogP contribution in [0.15, 0.2) is 77.7 Å². The maximum Gasteiger partial charge on any atom is 0.264 e. The fourth-order valence-electron chi connectivity index (χ4n) is 4.27. The molecular weight excluding hydrogens is 534 g/mol. The number of halogens is 1. The second kappa shape index (κ2) is 13.6. The van der Waals surface area contributed by atoms with Gasteiger partial charge in [0, 0.05) is 18.1 Å². The molecule has 208 valence electrons. The van der Waals surface area contributed by atoms with Gasteiger partial charge in [-0.1, -0.05) is 73.0 Å². The van der Waals surface area contributed by atoms with E-state index in [2.05, 4.69) is 5.32 Å². The largest absolute Gasteiger partial charge is 0.354 e. The number of hydrogen-bond acceptors (Lipinski definition) is 4. The van der Waals surface area contributed by atoms with E-state index in [1.165, 1.54) is 17.0 Å². The second-order valence-corrected chi connectivity index (χ2v) is 11.8. The van der Waals surface area contributed by atoms with Gasteiger partial charge in [0.25, 0.3) is 10.0 Å². The Morgan fingerprint density at radius 3 is 2.18 bits per heavy atom. The first kappa shape index (κ1) is 30.2. The van der Waals surface area contributed by atoms with Gasteiger partial charge < -0.3 is 10.2 Å². The highest BCUT2D eigenvalue weighted by Gasteiger charge is 2.33. The standard InChI is InChI=1S/C30H36ClN3O4S/c1-5-18-32-30(36)28(6-2)33(20-24-9-7-8-23(4)19-24)29(35)21-34(26-14-12-25(31)13-15-26)39(37,38)27-16-10-22(3)11-17-27/h7-17,19,28H,5-6,18,20-21H2,1-4H3,(H,32,36)/t28-/m0/s1. The highest BCUT2D eigenvalue weighted by atomic mass is 35.5. The molecule has 0 aliphatic rings. The van der Waals surface area contributed by atoms with Crippen molar-refractivity contribution in [2.75, 3.05) is 17.4 Å². The van der Waals surface area contributed by atoms with Crippen LogP contribution in [-0.2, 0) is 26.2 Å². The van der Waals surface area contributed by atoms with Gasteiger partial charge in [-0.3, -0.25) is 13.9 Å². The van der Waals surface area contributed by atoms with Crippen LogP contribution in [0.3, 0.4) is 0 Å². The molecule has 3 aromatic carbocycles. The summed E-state index contributed by atoms with van der Waals surface area (Å²) in [4.78, 5) is 28.7. The molecular formula is C30H36ClN3O4S. The average molecular weight is 570 g/mol. The van der Waals surface area contributed by atoms with Gasteiger partial charge in [-0.2, -0.15) is 0 Å². The Kier molecular flexibility index (Phi) is 10.5. The van der Waals surface area contributed by atoms with E-state index in [4.69, 9.17) is 11.6 Å². The molecule has 7 nitrogen and oxygen atoms in total. The van der Waals surface area contributed by atoms with Gasteiger partial charge in [-0.05, 0) is 68.7 Å². The predicted octanol–water partition coefficient (Wildman–Crippen LogP) is 5.49. The molecule has 2 amide bonds. The monoisotopic (exact) mass is 569 g/mol. The Bertz CT molecular complexity index is 1380. The van der Waals surface area contributed by atoms with Crippen LogP contribution in [-0.4, -0.2) is 44.3 Å². The number of anilines is 1. The van der Waals surface area contributed by atoms with Crippen LogP contribution < -0.4 is 9.62 Å². The maximum absolute atomic E-state index is 14.0. The number of nitrogens with one attached hydrogen (secondary N) is 1. The molecule has 0 heterocycles. The zero-order chi connectivity index (χ0) is 28.6. The summed E-state index contributed by atoms with van der Waals surface area (Å²) in [6.07, 6.45) is 1.13. The molecule has 0 saturated carbocycles. The van der Waals surface area contributed by atoms with E-state index in [0.717, 1.165) is 27.4 Å². The highest BCUT2D eigenvalue weighted by molar-refractivity contribution is 7.92. The molecule has 0 fully saturated rings. The molecule has 3 aromatic rings. The second-order valence-electron chi connectivity index (χ2n) is 9.53. The minimum Gasteiger partial charge on any atom is -0.354 e. The Labute approximate surface area is 236 Å². The summed E-state index contributed by atoms with van der Waals surface area (Å²) < 4.78 is 28.8. The minimum atomic E-state index is -4.12. The molecule has 0 aromatic heterocycles. The molecule has 1 atom stereocenters. The lowest BCUT2D eigenvalue weighted by atomic mass is 10.1. The Morgan fingerprint density at radius 2 is 1.59 bits per heavy atom. The number of rotatable bonds is 12. The van der Waals surface area contributed by atoms with Crippen LogP contribution in [0, 0.1) is 13.8 Å². The van der Waals surface area contributed by atoms with Gasteiger partial charge in [-0.25, -0.2) is 8.42 Å². The molecule has 1 N–H and O–H groups in total. The van der Waals surface area contributed by atoms with Crippen molar-refractivity contribution >= 4 is 39.1 Å². The first-order valence-corrected chi connectivity index (χ1v) is 14.9. The molecule has 0 radical (unpaired) electrons. The molecule has 0 saturated heterocycles. The fourth-order valence-corrected chi connectivity index (χ4v) is 5.81. The third kappa shape index (κ3) is 7.83. The van der Waals surface area contributed by atoms with Gasteiger partial charge in [0.05, 0.1) is 10.6 Å². The van der Waals surface area contributed by atoms with Crippen molar-refractivity contribution in [1.82, 2.24) is 10.2 Å². The quantitative estimate of drug-likeness (QED) is 0.313. The number of hydrogen-bond donors (Lipinski definition) is 1. The molecule has 39 heavy (non-hydrogen) atoms. The third-order valence-electron chi connectivity index (χ3n) is 6.37. The lowest BCUT2D eigenvalue weighted by Gasteiger charge is -2.33. The fraction of sp³-hybridized carbons (Fsp3) is 0.333. The summed E-state index contributed by atoms with van der Waals surface area (Å²) in [5, 5.41) is 3.33. The molecule has 0 aliphatic carbocycles. The number of benzene rings is 3. The molecule has 0 bridgehead atoms. The van der Waals surface area contributed by atoms with Gasteiger partial charge in [0.15, 0.2) is 0 Å². The van der Waals surface area contributed by atoms with Crippen molar-refractivity contribution in [2.45, 2.75) is 58.0 Å². The van der Waals surface area contributed by atoms with Crippen molar-refractivity contribution in [2.24, 2.45) is 0 Å². The summed E-state index contributed by atoms with van der Waals surface area (Å²) in [6, 6.07) is 19.7. The third-order valence-corrected chi connectivity index (χ3v) is 8.41. The zero-order valence-corrected chi connectivity index (χ0v) is 24.4. The van der Waals surface area contributed by atoms with Crippen molar-refractivity contribution in [3.63, 3.8) is 0 Å². The minimum absolute atomic E-state index is 0.0637. The SMILES string of the molecule is CCCNC(=O)[C@H](CC)N(Cc1cccc(C)c1)C(=O)CN(c1ccc(Cl)cc1)S(=O)(=O)c1ccc(C)cc1. The Balaban J connectivity index is 2.04. The summed E-state index contributed by atoms with van der Waals surface area (Å²) in [6.45, 7) is 7.79. The van der Waals surface area contributed by atoms with Gasteiger partial charge >= 0.3 is 0 Å². The van der Waals surface area contributed by atoms with Crippen LogP contribution in [0.1, 0.15) is 43.4 Å². The van der Waals surface area contributed by atoms with E-state index in [1.807, 2.05) is 52.0 Å². The summed E-state index contributed by atoms with van der Waals surface area (Å²) >= 11 is 6.07. The Morgan fingerprint density at radius 1 is 0.923 bits per heavy atom. The van der Waals surface area contributed by atoms with Gasteiger partial charge in [-0.15, -0.1) is 0 Å². The number of carbonyl (C=O) groups excluding carboxylic acids is 2. The zero-order valence-electron chi connectivity index (χ0n) is 22.9. The van der Waals surface area contributed by atoms with Crippen molar-refractivity contribution in [3.05, 3.63) is 94.5 Å². The van der Waals surface area contributed by atoms with E-state index in [1.54, 1.807) is 36.4 Å². The van der Waals surface area contributed by atoms with E-state index in [9.17, 15) is 18.0 Å². The van der Waals surface area contributed by atoms with Crippen molar-refractivity contribution < 1.29 is 18.0 Å². The first-order valence-electron chi connectivity index (χ1n) is 13.0. The summed E-state index contributed by atoms with van der Waals surface area (Å²) in [7, 11) is -4.12. The lowest BCUT2D eigenvalue weighted by molar-refractivity contribution is -0.140. The number of nitrogens with zero attached hydrogens (tertiary/aromatic N) is 2. The average Bonchev–Trinajstić information content (AvgIpc) is 2.91. The number of sulfonamides is 1. The van der Waals surface area contributed by atoms with Crippen LogP contribution >= 0.6 is 11.6 Å². The maximum atomic E-state index is 14.0. The predicted molar refractivity (Wildman–Crippen MR) is 156 cm³/mol. The van der Waals surface area contributed by atoms with E-state index in [0.29, 0.717) is 23.7 Å². The molecule has 3 rings (SSSR count). The normalized spacial score (nSPS) is 12.0. The van der Waals surface area contributed by atoms with Crippen LogP contribution in [0.5, 0.6) is 0 Å². The summed E-state index contributed by atoms with van der Waals surface area (Å²) in [5.74, 6) is -0.750. The topological polar surface area (TPSA) is 86.8 Å².